The van der Waals surface area contributed by atoms with Crippen molar-refractivity contribution in [3.8, 4) is 0 Å². The normalized spacial score (nSPS) is 11.7. The van der Waals surface area contributed by atoms with Crippen LogP contribution >= 0.6 is 0 Å². The third kappa shape index (κ3) is 3.48. The highest BCUT2D eigenvalue weighted by molar-refractivity contribution is 7.92. The summed E-state index contributed by atoms with van der Waals surface area (Å²) in [5, 5.41) is 8.49. The SMILES string of the molecule is Cc1nn(C)cc1S(=O)(=O)Nc1c(C)nn(Cc2ccc(F)cc2)c1C. The summed E-state index contributed by atoms with van der Waals surface area (Å²) in [6.45, 7) is 5.59. The predicted octanol–water partition coefficient (Wildman–Crippen LogP) is 2.53. The van der Waals surface area contributed by atoms with Crippen molar-refractivity contribution in [2.24, 2.45) is 7.05 Å². The minimum atomic E-state index is -3.77. The molecule has 0 aliphatic rings. The van der Waals surface area contributed by atoms with Crippen LogP contribution in [0.1, 0.15) is 22.6 Å². The predicted molar refractivity (Wildman–Crippen MR) is 96.0 cm³/mol. The number of benzene rings is 1. The third-order valence-electron chi connectivity index (χ3n) is 4.12. The Morgan fingerprint density at radius 1 is 1.08 bits per heavy atom. The van der Waals surface area contributed by atoms with Gasteiger partial charge in [-0.15, -0.1) is 0 Å². The number of rotatable bonds is 5. The zero-order chi connectivity index (χ0) is 19.1. The summed E-state index contributed by atoms with van der Waals surface area (Å²) in [5.41, 5.74) is 2.98. The van der Waals surface area contributed by atoms with E-state index in [1.54, 1.807) is 44.6 Å². The van der Waals surface area contributed by atoms with Gasteiger partial charge in [-0.05, 0) is 38.5 Å². The van der Waals surface area contributed by atoms with E-state index in [1.807, 2.05) is 0 Å². The van der Waals surface area contributed by atoms with Crippen LogP contribution in [0.25, 0.3) is 0 Å². The summed E-state index contributed by atoms with van der Waals surface area (Å²) in [6.07, 6.45) is 1.46. The van der Waals surface area contributed by atoms with Gasteiger partial charge in [0.1, 0.15) is 10.7 Å². The number of aryl methyl sites for hydroxylation is 3. The van der Waals surface area contributed by atoms with Crippen molar-refractivity contribution >= 4 is 15.7 Å². The van der Waals surface area contributed by atoms with Crippen LogP contribution in [-0.2, 0) is 23.6 Å². The fraction of sp³-hybridized carbons (Fsp3) is 0.294. The molecule has 3 rings (SSSR count). The highest BCUT2D eigenvalue weighted by Crippen LogP contribution is 2.25. The van der Waals surface area contributed by atoms with Gasteiger partial charge in [0.25, 0.3) is 10.0 Å². The third-order valence-corrected chi connectivity index (χ3v) is 5.57. The van der Waals surface area contributed by atoms with Crippen LogP contribution in [0.3, 0.4) is 0 Å². The molecule has 0 unspecified atom stereocenters. The quantitative estimate of drug-likeness (QED) is 0.741. The maximum absolute atomic E-state index is 13.0. The molecule has 0 spiro atoms. The van der Waals surface area contributed by atoms with E-state index < -0.39 is 10.0 Å². The van der Waals surface area contributed by atoms with Crippen molar-refractivity contribution in [3.05, 3.63) is 58.9 Å². The number of anilines is 1. The molecule has 0 aliphatic heterocycles. The van der Waals surface area contributed by atoms with Crippen molar-refractivity contribution in [1.29, 1.82) is 0 Å². The van der Waals surface area contributed by atoms with E-state index in [0.717, 1.165) is 5.56 Å². The van der Waals surface area contributed by atoms with Crippen LogP contribution in [0.5, 0.6) is 0 Å². The molecule has 9 heteroatoms. The van der Waals surface area contributed by atoms with Gasteiger partial charge < -0.3 is 0 Å². The summed E-state index contributed by atoms with van der Waals surface area (Å²) < 4.78 is 44.2. The highest BCUT2D eigenvalue weighted by atomic mass is 32.2. The first kappa shape index (κ1) is 18.1. The van der Waals surface area contributed by atoms with Crippen molar-refractivity contribution < 1.29 is 12.8 Å². The molecule has 0 atom stereocenters. The number of nitrogens with one attached hydrogen (secondary N) is 1. The number of hydrogen-bond donors (Lipinski definition) is 1. The molecular weight excluding hydrogens is 357 g/mol. The first-order valence-corrected chi connectivity index (χ1v) is 9.47. The molecule has 0 fully saturated rings. The van der Waals surface area contributed by atoms with Crippen molar-refractivity contribution in [1.82, 2.24) is 19.6 Å². The Balaban J connectivity index is 1.90. The van der Waals surface area contributed by atoms with Gasteiger partial charge in [0.2, 0.25) is 0 Å². The maximum atomic E-state index is 13.0. The largest absolute Gasteiger partial charge is 0.276 e. The molecule has 0 saturated carbocycles. The molecule has 26 heavy (non-hydrogen) atoms. The van der Waals surface area contributed by atoms with Crippen LogP contribution in [0.4, 0.5) is 10.1 Å². The molecule has 3 aromatic rings. The zero-order valence-corrected chi connectivity index (χ0v) is 15.8. The topological polar surface area (TPSA) is 81.8 Å². The van der Waals surface area contributed by atoms with Crippen molar-refractivity contribution in [2.45, 2.75) is 32.2 Å². The summed E-state index contributed by atoms with van der Waals surface area (Å²) in [4.78, 5) is 0.130. The van der Waals surface area contributed by atoms with Crippen LogP contribution in [-0.4, -0.2) is 28.0 Å². The molecule has 2 aromatic heterocycles. The van der Waals surface area contributed by atoms with E-state index >= 15 is 0 Å². The number of aromatic nitrogens is 4. The molecular formula is C17H20FN5O2S. The van der Waals surface area contributed by atoms with Gasteiger partial charge in [-0.2, -0.15) is 10.2 Å². The number of nitrogens with zero attached hydrogens (tertiary/aromatic N) is 4. The first-order valence-electron chi connectivity index (χ1n) is 7.99. The fourth-order valence-electron chi connectivity index (χ4n) is 2.79. The average Bonchev–Trinajstić information content (AvgIpc) is 3.03. The molecule has 0 radical (unpaired) electrons. The Morgan fingerprint density at radius 2 is 1.73 bits per heavy atom. The molecule has 0 bridgehead atoms. The minimum Gasteiger partial charge on any atom is -0.276 e. The standard InChI is InChI=1S/C17H20FN5O2S/c1-11-16(10-22(4)19-11)26(24,25)21-17-12(2)20-23(13(17)3)9-14-5-7-15(18)8-6-14/h5-8,10,21H,9H2,1-4H3. The summed E-state index contributed by atoms with van der Waals surface area (Å²) in [5.74, 6) is -0.303. The van der Waals surface area contributed by atoms with Crippen LogP contribution < -0.4 is 4.72 Å². The molecule has 2 heterocycles. The van der Waals surface area contributed by atoms with E-state index in [2.05, 4.69) is 14.9 Å². The average molecular weight is 377 g/mol. The van der Waals surface area contributed by atoms with Crippen LogP contribution in [0, 0.1) is 26.6 Å². The Morgan fingerprint density at radius 3 is 2.31 bits per heavy atom. The van der Waals surface area contributed by atoms with Crippen LogP contribution in [0.15, 0.2) is 35.4 Å². The van der Waals surface area contributed by atoms with Gasteiger partial charge in [0.15, 0.2) is 0 Å². The number of halogens is 1. The van der Waals surface area contributed by atoms with Gasteiger partial charge in [-0.3, -0.25) is 14.1 Å². The van der Waals surface area contributed by atoms with Gasteiger partial charge >= 0.3 is 0 Å². The summed E-state index contributed by atoms with van der Waals surface area (Å²) in [7, 11) is -2.10. The molecule has 1 N–H and O–H groups in total. The molecule has 138 valence electrons. The molecule has 0 saturated heterocycles. The van der Waals surface area contributed by atoms with Gasteiger partial charge in [-0.1, -0.05) is 12.1 Å². The Labute approximate surface area is 151 Å². The van der Waals surface area contributed by atoms with Gasteiger partial charge in [0, 0.05) is 13.2 Å². The smallest absolute Gasteiger partial charge is 0.265 e. The van der Waals surface area contributed by atoms with E-state index in [0.29, 0.717) is 29.3 Å². The molecule has 0 aliphatic carbocycles. The second-order valence-electron chi connectivity index (χ2n) is 6.19. The lowest BCUT2D eigenvalue weighted by Gasteiger charge is -2.08. The first-order chi connectivity index (χ1) is 12.2. The lowest BCUT2D eigenvalue weighted by molar-refractivity contribution is 0.600. The highest BCUT2D eigenvalue weighted by Gasteiger charge is 2.23. The Kier molecular flexibility index (Phi) is 4.57. The van der Waals surface area contributed by atoms with E-state index in [4.69, 9.17) is 0 Å². The van der Waals surface area contributed by atoms with Crippen LogP contribution in [0.2, 0.25) is 0 Å². The van der Waals surface area contributed by atoms with Gasteiger partial charge in [-0.25, -0.2) is 12.8 Å². The monoisotopic (exact) mass is 377 g/mol. The van der Waals surface area contributed by atoms with Crippen molar-refractivity contribution in [2.75, 3.05) is 4.72 Å². The zero-order valence-electron chi connectivity index (χ0n) is 15.0. The second-order valence-corrected chi connectivity index (χ2v) is 7.84. The fourth-order valence-corrected chi connectivity index (χ4v) is 4.19. The van der Waals surface area contributed by atoms with Gasteiger partial charge in [0.05, 0.1) is 29.3 Å². The summed E-state index contributed by atoms with van der Waals surface area (Å²) in [6, 6.07) is 6.12. The Hall–Kier alpha value is -2.68. The summed E-state index contributed by atoms with van der Waals surface area (Å²) >= 11 is 0. The lowest BCUT2D eigenvalue weighted by Crippen LogP contribution is -2.14. The minimum absolute atomic E-state index is 0.130. The van der Waals surface area contributed by atoms with E-state index in [1.165, 1.54) is 23.0 Å². The van der Waals surface area contributed by atoms with E-state index in [9.17, 15) is 12.8 Å². The lowest BCUT2D eigenvalue weighted by atomic mass is 10.2. The number of hydrogen-bond acceptors (Lipinski definition) is 4. The number of sulfonamides is 1. The maximum Gasteiger partial charge on any atom is 0.265 e. The molecule has 0 amide bonds. The van der Waals surface area contributed by atoms with E-state index in [-0.39, 0.29) is 10.7 Å². The molecule has 1 aromatic carbocycles. The second kappa shape index (κ2) is 6.56. The Bertz CT molecular complexity index is 1050. The molecule has 7 nitrogen and oxygen atoms in total. The van der Waals surface area contributed by atoms with Crippen molar-refractivity contribution in [3.63, 3.8) is 0 Å².